The number of carbonyl (C=O) groups is 1. The first-order valence-corrected chi connectivity index (χ1v) is 9.01. The van der Waals surface area contributed by atoms with Crippen molar-refractivity contribution in [3.63, 3.8) is 0 Å². The van der Waals surface area contributed by atoms with E-state index in [1.54, 1.807) is 0 Å². The number of piperidine rings is 1. The summed E-state index contributed by atoms with van der Waals surface area (Å²) >= 11 is 0. The molecule has 23 heavy (non-hydrogen) atoms. The molecule has 5 nitrogen and oxygen atoms in total. The molecule has 1 N–H and O–H groups in total. The third-order valence-corrected chi connectivity index (χ3v) is 4.83. The van der Waals surface area contributed by atoms with Gasteiger partial charge in [-0.1, -0.05) is 13.8 Å². The van der Waals surface area contributed by atoms with Gasteiger partial charge in [-0.3, -0.25) is 4.79 Å². The Kier molecular flexibility index (Phi) is 5.13. The molecule has 1 atom stereocenters. The summed E-state index contributed by atoms with van der Waals surface area (Å²) < 4.78 is 0. The number of aromatic nitrogens is 2. The number of anilines is 1. The molecule has 5 heteroatoms. The van der Waals surface area contributed by atoms with Gasteiger partial charge in [0.15, 0.2) is 0 Å². The zero-order chi connectivity index (χ0) is 16.2. The summed E-state index contributed by atoms with van der Waals surface area (Å²) in [6, 6.07) is 0. The van der Waals surface area contributed by atoms with Crippen LogP contribution in [-0.2, 0) is 17.6 Å². The maximum absolute atomic E-state index is 12.3. The van der Waals surface area contributed by atoms with Gasteiger partial charge in [-0.25, -0.2) is 9.97 Å². The summed E-state index contributed by atoms with van der Waals surface area (Å²) in [5, 5.41) is 3.06. The van der Waals surface area contributed by atoms with Gasteiger partial charge < -0.3 is 10.2 Å². The normalized spacial score (nSPS) is 21.2. The third-order valence-electron chi connectivity index (χ3n) is 4.83. The average molecular weight is 316 g/mol. The Balaban J connectivity index is 1.64. The quantitative estimate of drug-likeness (QED) is 0.926. The van der Waals surface area contributed by atoms with Crippen molar-refractivity contribution in [2.24, 2.45) is 11.8 Å². The van der Waals surface area contributed by atoms with Gasteiger partial charge in [-0.05, 0) is 50.0 Å². The molecule has 0 spiro atoms. The van der Waals surface area contributed by atoms with E-state index in [1.807, 2.05) is 6.20 Å². The highest BCUT2D eigenvalue weighted by Gasteiger charge is 2.26. The van der Waals surface area contributed by atoms with Crippen LogP contribution >= 0.6 is 0 Å². The van der Waals surface area contributed by atoms with Crippen molar-refractivity contribution >= 4 is 11.9 Å². The van der Waals surface area contributed by atoms with Crippen LogP contribution in [0.25, 0.3) is 0 Å². The highest BCUT2D eigenvalue weighted by molar-refractivity contribution is 5.79. The second-order valence-corrected chi connectivity index (χ2v) is 7.27. The van der Waals surface area contributed by atoms with Crippen LogP contribution in [0.2, 0.25) is 0 Å². The van der Waals surface area contributed by atoms with Crippen molar-refractivity contribution in [2.75, 3.05) is 24.5 Å². The smallest absolute Gasteiger partial charge is 0.225 e. The molecule has 2 aliphatic rings. The summed E-state index contributed by atoms with van der Waals surface area (Å²) in [4.78, 5) is 23.9. The van der Waals surface area contributed by atoms with Crippen LogP contribution in [0.4, 0.5) is 5.95 Å². The molecule has 0 aromatic carbocycles. The minimum Gasteiger partial charge on any atom is -0.356 e. The van der Waals surface area contributed by atoms with E-state index < -0.39 is 0 Å². The number of hydrogen-bond acceptors (Lipinski definition) is 4. The minimum atomic E-state index is 0.0747. The molecule has 3 rings (SSSR count). The first-order valence-electron chi connectivity index (χ1n) is 9.01. The minimum absolute atomic E-state index is 0.0747. The number of aryl methyl sites for hydroxylation is 1. The monoisotopic (exact) mass is 316 g/mol. The van der Waals surface area contributed by atoms with E-state index in [0.29, 0.717) is 5.92 Å². The number of fused-ring (bicyclic) bond motifs is 1. The number of nitrogens with one attached hydrogen (secondary N) is 1. The number of amides is 1. The van der Waals surface area contributed by atoms with E-state index in [2.05, 4.69) is 29.0 Å². The van der Waals surface area contributed by atoms with Crippen molar-refractivity contribution in [1.29, 1.82) is 0 Å². The molecule has 0 radical (unpaired) electrons. The van der Waals surface area contributed by atoms with Gasteiger partial charge in [-0.2, -0.15) is 0 Å². The summed E-state index contributed by atoms with van der Waals surface area (Å²) in [5.41, 5.74) is 2.30. The topological polar surface area (TPSA) is 58.1 Å². The SMILES string of the molecule is CC(C)CNC(=O)C1CCc2nc(N3CCCCC3)ncc2C1. The summed E-state index contributed by atoms with van der Waals surface area (Å²) in [6.45, 7) is 7.13. The molecule has 1 aromatic rings. The van der Waals surface area contributed by atoms with E-state index in [1.165, 1.54) is 19.3 Å². The fraction of sp³-hybridized carbons (Fsp3) is 0.722. The fourth-order valence-electron chi connectivity index (χ4n) is 3.42. The van der Waals surface area contributed by atoms with Gasteiger partial charge >= 0.3 is 0 Å². The van der Waals surface area contributed by atoms with E-state index in [4.69, 9.17) is 4.98 Å². The van der Waals surface area contributed by atoms with Crippen LogP contribution < -0.4 is 10.2 Å². The van der Waals surface area contributed by atoms with Gasteiger partial charge in [0, 0.05) is 37.4 Å². The lowest BCUT2D eigenvalue weighted by molar-refractivity contribution is -0.125. The molecular weight excluding hydrogens is 288 g/mol. The Morgan fingerprint density at radius 1 is 1.35 bits per heavy atom. The average Bonchev–Trinajstić information content (AvgIpc) is 2.59. The van der Waals surface area contributed by atoms with Gasteiger partial charge in [0.05, 0.1) is 0 Å². The van der Waals surface area contributed by atoms with Gasteiger partial charge in [0.2, 0.25) is 11.9 Å². The van der Waals surface area contributed by atoms with E-state index >= 15 is 0 Å². The lowest BCUT2D eigenvalue weighted by Gasteiger charge is -2.28. The molecule has 1 unspecified atom stereocenters. The zero-order valence-electron chi connectivity index (χ0n) is 14.3. The van der Waals surface area contributed by atoms with Gasteiger partial charge in [0.1, 0.15) is 0 Å². The Bertz CT molecular complexity index is 552. The number of rotatable bonds is 4. The van der Waals surface area contributed by atoms with E-state index in [9.17, 15) is 4.79 Å². The summed E-state index contributed by atoms with van der Waals surface area (Å²) in [5.74, 6) is 1.63. The van der Waals surface area contributed by atoms with Crippen molar-refractivity contribution in [3.8, 4) is 0 Å². The van der Waals surface area contributed by atoms with Crippen molar-refractivity contribution < 1.29 is 4.79 Å². The molecule has 1 fully saturated rings. The van der Waals surface area contributed by atoms with Crippen LogP contribution in [-0.4, -0.2) is 35.5 Å². The highest BCUT2D eigenvalue weighted by Crippen LogP contribution is 2.26. The third kappa shape index (κ3) is 4.01. The van der Waals surface area contributed by atoms with E-state index in [0.717, 1.165) is 56.1 Å². The van der Waals surface area contributed by atoms with Gasteiger partial charge in [0.25, 0.3) is 0 Å². The number of carbonyl (C=O) groups excluding carboxylic acids is 1. The Morgan fingerprint density at radius 3 is 2.87 bits per heavy atom. The molecule has 1 aliphatic heterocycles. The predicted molar refractivity (Wildman–Crippen MR) is 91.5 cm³/mol. The number of hydrogen-bond donors (Lipinski definition) is 1. The van der Waals surface area contributed by atoms with Crippen molar-refractivity contribution in [1.82, 2.24) is 15.3 Å². The second kappa shape index (κ2) is 7.28. The lowest BCUT2D eigenvalue weighted by atomic mass is 9.86. The van der Waals surface area contributed by atoms with Crippen molar-refractivity contribution in [3.05, 3.63) is 17.5 Å². The fourth-order valence-corrected chi connectivity index (χ4v) is 3.42. The summed E-state index contributed by atoms with van der Waals surface area (Å²) in [6.07, 6.45) is 8.30. The van der Waals surface area contributed by atoms with Crippen LogP contribution in [0, 0.1) is 11.8 Å². The van der Waals surface area contributed by atoms with Crippen LogP contribution in [0.5, 0.6) is 0 Å². The second-order valence-electron chi connectivity index (χ2n) is 7.27. The van der Waals surface area contributed by atoms with Crippen LogP contribution in [0.15, 0.2) is 6.20 Å². The Hall–Kier alpha value is -1.65. The molecule has 1 aromatic heterocycles. The van der Waals surface area contributed by atoms with Crippen LogP contribution in [0.3, 0.4) is 0 Å². The molecule has 0 bridgehead atoms. The van der Waals surface area contributed by atoms with E-state index in [-0.39, 0.29) is 11.8 Å². The lowest BCUT2D eigenvalue weighted by Crippen LogP contribution is -2.36. The zero-order valence-corrected chi connectivity index (χ0v) is 14.3. The molecule has 1 saturated heterocycles. The molecule has 1 amide bonds. The maximum Gasteiger partial charge on any atom is 0.225 e. The maximum atomic E-state index is 12.3. The Morgan fingerprint density at radius 2 is 2.13 bits per heavy atom. The molecule has 126 valence electrons. The molecular formula is C18H28N4O. The highest BCUT2D eigenvalue weighted by atomic mass is 16.1. The predicted octanol–water partition coefficient (Wildman–Crippen LogP) is 2.34. The standard InChI is InChI=1S/C18H28N4O/c1-13(2)11-19-17(23)14-6-7-16-15(10-14)12-20-18(21-16)22-8-4-3-5-9-22/h12-14H,3-11H2,1-2H3,(H,19,23). The number of nitrogens with zero attached hydrogens (tertiary/aromatic N) is 3. The molecule has 2 heterocycles. The first-order chi connectivity index (χ1) is 11.1. The Labute approximate surface area is 138 Å². The van der Waals surface area contributed by atoms with Crippen LogP contribution in [0.1, 0.15) is 50.8 Å². The molecule has 0 saturated carbocycles. The molecule has 1 aliphatic carbocycles. The van der Waals surface area contributed by atoms with Crippen molar-refractivity contribution in [2.45, 2.75) is 52.4 Å². The van der Waals surface area contributed by atoms with Gasteiger partial charge in [-0.15, -0.1) is 0 Å². The first kappa shape index (κ1) is 16.2. The summed E-state index contributed by atoms with van der Waals surface area (Å²) in [7, 11) is 0. The largest absolute Gasteiger partial charge is 0.356 e.